The van der Waals surface area contributed by atoms with Crippen LogP contribution in [0, 0.1) is 5.92 Å². The van der Waals surface area contributed by atoms with Crippen molar-refractivity contribution in [1.82, 2.24) is 5.32 Å². The zero-order chi connectivity index (χ0) is 9.80. The Bertz CT molecular complexity index is 250. The second-order valence-corrected chi connectivity index (χ2v) is 4.82. The van der Waals surface area contributed by atoms with E-state index < -0.39 is 0 Å². The highest BCUT2D eigenvalue weighted by Crippen LogP contribution is 2.27. The Morgan fingerprint density at radius 2 is 2.43 bits per heavy atom. The van der Waals surface area contributed by atoms with Gasteiger partial charge in [0.25, 0.3) is 0 Å². The summed E-state index contributed by atoms with van der Waals surface area (Å²) in [7, 11) is 0. The van der Waals surface area contributed by atoms with Gasteiger partial charge in [0.05, 0.1) is 0 Å². The summed E-state index contributed by atoms with van der Waals surface area (Å²) in [6.45, 7) is 1.97. The lowest BCUT2D eigenvalue weighted by Gasteiger charge is -2.29. The molecule has 2 rings (SSSR count). The lowest BCUT2D eigenvalue weighted by molar-refractivity contribution is 0.304. The zero-order valence-corrected chi connectivity index (χ0v) is 9.22. The summed E-state index contributed by atoms with van der Waals surface area (Å²) in [6, 6.07) is 2.82. The lowest BCUT2D eigenvalue weighted by Crippen LogP contribution is -2.33. The molecule has 1 aliphatic rings. The molecule has 2 atom stereocenters. The monoisotopic (exact) mass is 210 g/mol. The number of hydrogen-bond donors (Lipinski definition) is 2. The molecule has 3 heteroatoms. The zero-order valence-electron chi connectivity index (χ0n) is 8.41. The Balaban J connectivity index is 1.84. The molecular formula is C11H18N2S. The van der Waals surface area contributed by atoms with Crippen molar-refractivity contribution in [2.24, 2.45) is 11.7 Å². The van der Waals surface area contributed by atoms with Crippen molar-refractivity contribution in [1.29, 1.82) is 0 Å². The van der Waals surface area contributed by atoms with Gasteiger partial charge in [-0.25, -0.2) is 0 Å². The van der Waals surface area contributed by atoms with Crippen molar-refractivity contribution in [2.75, 3.05) is 13.1 Å². The van der Waals surface area contributed by atoms with E-state index in [0.717, 1.165) is 19.0 Å². The van der Waals surface area contributed by atoms with E-state index in [4.69, 9.17) is 5.73 Å². The summed E-state index contributed by atoms with van der Waals surface area (Å²) >= 11 is 1.78. The van der Waals surface area contributed by atoms with Crippen LogP contribution in [-0.2, 0) is 0 Å². The van der Waals surface area contributed by atoms with Gasteiger partial charge in [-0.15, -0.1) is 0 Å². The highest BCUT2D eigenvalue weighted by Gasteiger charge is 2.20. The maximum Gasteiger partial charge on any atom is 0.0328 e. The van der Waals surface area contributed by atoms with Crippen LogP contribution in [0.4, 0.5) is 0 Å². The van der Waals surface area contributed by atoms with Gasteiger partial charge in [-0.05, 0) is 60.7 Å². The Hall–Kier alpha value is -0.380. The normalized spacial score (nSPS) is 27.8. The Kier molecular flexibility index (Phi) is 3.56. The van der Waals surface area contributed by atoms with Gasteiger partial charge in [-0.3, -0.25) is 0 Å². The molecule has 3 N–H and O–H groups in total. The molecule has 2 nitrogen and oxygen atoms in total. The average Bonchev–Trinajstić information content (AvgIpc) is 2.72. The molecule has 78 valence electrons. The van der Waals surface area contributed by atoms with Crippen LogP contribution in [0.3, 0.4) is 0 Å². The Morgan fingerprint density at radius 3 is 3.00 bits per heavy atom. The molecule has 1 aliphatic heterocycles. The first-order chi connectivity index (χ1) is 6.90. The third kappa shape index (κ3) is 2.35. The molecule has 0 aromatic carbocycles. The second-order valence-electron chi connectivity index (χ2n) is 4.04. The molecule has 1 fully saturated rings. The quantitative estimate of drug-likeness (QED) is 0.802. The number of piperidine rings is 1. The topological polar surface area (TPSA) is 38.0 Å². The maximum absolute atomic E-state index is 5.56. The molecule has 0 radical (unpaired) electrons. The van der Waals surface area contributed by atoms with E-state index in [9.17, 15) is 0 Å². The van der Waals surface area contributed by atoms with E-state index in [0.29, 0.717) is 6.04 Å². The molecule has 0 aliphatic carbocycles. The number of nitrogens with one attached hydrogen (secondary N) is 1. The molecule has 0 saturated carbocycles. The molecule has 0 bridgehead atoms. The Morgan fingerprint density at radius 1 is 1.50 bits per heavy atom. The minimum absolute atomic E-state index is 0.593. The van der Waals surface area contributed by atoms with Crippen molar-refractivity contribution >= 4 is 11.3 Å². The minimum Gasteiger partial charge on any atom is -0.330 e. The van der Waals surface area contributed by atoms with Gasteiger partial charge >= 0.3 is 0 Å². The van der Waals surface area contributed by atoms with Gasteiger partial charge in [0.2, 0.25) is 0 Å². The van der Waals surface area contributed by atoms with Crippen LogP contribution in [0.1, 0.15) is 30.9 Å². The van der Waals surface area contributed by atoms with E-state index in [-0.39, 0.29) is 0 Å². The van der Waals surface area contributed by atoms with Crippen molar-refractivity contribution in [3.05, 3.63) is 22.4 Å². The lowest BCUT2D eigenvalue weighted by atomic mass is 9.90. The SMILES string of the molecule is NCCC1CCC(c2ccsc2)NC1. The van der Waals surface area contributed by atoms with Crippen molar-refractivity contribution in [2.45, 2.75) is 25.3 Å². The molecule has 2 unspecified atom stereocenters. The highest BCUT2D eigenvalue weighted by molar-refractivity contribution is 7.07. The van der Waals surface area contributed by atoms with Crippen LogP contribution in [0.15, 0.2) is 16.8 Å². The number of nitrogens with two attached hydrogens (primary N) is 1. The van der Waals surface area contributed by atoms with Gasteiger partial charge in [0, 0.05) is 6.04 Å². The molecule has 14 heavy (non-hydrogen) atoms. The third-order valence-corrected chi connectivity index (χ3v) is 3.74. The number of rotatable bonds is 3. The third-order valence-electron chi connectivity index (χ3n) is 3.04. The predicted octanol–water partition coefficient (Wildman–Crippen LogP) is 2.14. The van der Waals surface area contributed by atoms with E-state index in [2.05, 4.69) is 22.1 Å². The van der Waals surface area contributed by atoms with Crippen molar-refractivity contribution < 1.29 is 0 Å². The molecule has 2 heterocycles. The van der Waals surface area contributed by atoms with Crippen molar-refractivity contribution in [3.63, 3.8) is 0 Å². The fraction of sp³-hybridized carbons (Fsp3) is 0.636. The van der Waals surface area contributed by atoms with Crippen LogP contribution < -0.4 is 11.1 Å². The van der Waals surface area contributed by atoms with E-state index in [1.54, 1.807) is 11.3 Å². The smallest absolute Gasteiger partial charge is 0.0328 e. The molecule has 0 amide bonds. The van der Waals surface area contributed by atoms with E-state index >= 15 is 0 Å². The molecule has 1 aromatic rings. The first kappa shape index (κ1) is 10.1. The van der Waals surface area contributed by atoms with Crippen LogP contribution in [-0.4, -0.2) is 13.1 Å². The molecule has 1 saturated heterocycles. The fourth-order valence-electron chi connectivity index (χ4n) is 2.16. The minimum atomic E-state index is 0.593. The predicted molar refractivity (Wildman–Crippen MR) is 61.5 cm³/mol. The average molecular weight is 210 g/mol. The van der Waals surface area contributed by atoms with Gasteiger partial charge in [0.15, 0.2) is 0 Å². The van der Waals surface area contributed by atoms with E-state index in [1.165, 1.54) is 24.8 Å². The van der Waals surface area contributed by atoms with Crippen LogP contribution in [0.2, 0.25) is 0 Å². The Labute approximate surface area is 89.5 Å². The summed E-state index contributed by atoms with van der Waals surface area (Å²) < 4.78 is 0. The van der Waals surface area contributed by atoms with Crippen LogP contribution in [0.5, 0.6) is 0 Å². The van der Waals surface area contributed by atoms with E-state index in [1.807, 2.05) is 0 Å². The van der Waals surface area contributed by atoms with Crippen molar-refractivity contribution in [3.8, 4) is 0 Å². The fourth-order valence-corrected chi connectivity index (χ4v) is 2.87. The molecule has 0 spiro atoms. The summed E-state index contributed by atoms with van der Waals surface area (Å²) in [6.07, 6.45) is 3.76. The summed E-state index contributed by atoms with van der Waals surface area (Å²) in [5.74, 6) is 0.801. The first-order valence-electron chi connectivity index (χ1n) is 5.35. The first-order valence-corrected chi connectivity index (χ1v) is 6.30. The number of thiophene rings is 1. The largest absolute Gasteiger partial charge is 0.330 e. The van der Waals surface area contributed by atoms with Gasteiger partial charge in [-0.2, -0.15) is 11.3 Å². The van der Waals surface area contributed by atoms with Crippen LogP contribution >= 0.6 is 11.3 Å². The second kappa shape index (κ2) is 4.91. The van der Waals surface area contributed by atoms with Gasteiger partial charge < -0.3 is 11.1 Å². The summed E-state index contributed by atoms with van der Waals surface area (Å²) in [5.41, 5.74) is 7.02. The van der Waals surface area contributed by atoms with Gasteiger partial charge in [0.1, 0.15) is 0 Å². The van der Waals surface area contributed by atoms with Crippen LogP contribution in [0.25, 0.3) is 0 Å². The molecular weight excluding hydrogens is 192 g/mol. The van der Waals surface area contributed by atoms with Gasteiger partial charge in [-0.1, -0.05) is 0 Å². The molecule has 1 aromatic heterocycles. The number of hydrogen-bond acceptors (Lipinski definition) is 3. The maximum atomic E-state index is 5.56. The standard InChI is InChI=1S/C11H18N2S/c12-5-3-9-1-2-11(13-7-9)10-4-6-14-8-10/h4,6,8-9,11,13H,1-3,5,7,12H2. The summed E-state index contributed by atoms with van der Waals surface area (Å²) in [5, 5.41) is 8.01. The highest BCUT2D eigenvalue weighted by atomic mass is 32.1. The summed E-state index contributed by atoms with van der Waals surface area (Å²) in [4.78, 5) is 0.